The molecule has 0 aliphatic carbocycles. The topological polar surface area (TPSA) is 62.7 Å². The fourth-order valence-electron chi connectivity index (χ4n) is 3.15. The van der Waals surface area contributed by atoms with Crippen molar-refractivity contribution in [2.24, 2.45) is 0 Å². The number of rotatable bonds is 3. The molecule has 7 heteroatoms. The summed E-state index contributed by atoms with van der Waals surface area (Å²) >= 11 is 0. The first-order chi connectivity index (χ1) is 12.9. The molecule has 0 bridgehead atoms. The maximum atomic E-state index is 14.2. The Hall–Kier alpha value is -3.06. The molecule has 0 unspecified atom stereocenters. The third-order valence-electron chi connectivity index (χ3n) is 4.47. The molecule has 1 atom stereocenters. The summed E-state index contributed by atoms with van der Waals surface area (Å²) in [7, 11) is 0. The number of benzene rings is 2. The number of aliphatic hydroxyl groups is 1. The summed E-state index contributed by atoms with van der Waals surface area (Å²) in [5, 5.41) is 10.8. The highest BCUT2D eigenvalue weighted by Gasteiger charge is 2.51. The van der Waals surface area contributed by atoms with Gasteiger partial charge in [0.2, 0.25) is 0 Å². The van der Waals surface area contributed by atoms with Gasteiger partial charge in [-0.25, -0.2) is 0 Å². The van der Waals surface area contributed by atoms with Crippen molar-refractivity contribution in [1.29, 1.82) is 0 Å². The summed E-state index contributed by atoms with van der Waals surface area (Å²) in [5.41, 5.74) is 1.55. The maximum absolute atomic E-state index is 14.2. The number of para-hydroxylation sites is 2. The zero-order valence-electron chi connectivity index (χ0n) is 14.4. The van der Waals surface area contributed by atoms with E-state index in [1.165, 1.54) is 19.1 Å². The molecule has 1 aromatic heterocycles. The van der Waals surface area contributed by atoms with Crippen LogP contribution in [0.1, 0.15) is 24.3 Å². The molecule has 138 valence electrons. The molecule has 0 radical (unpaired) electrons. The van der Waals surface area contributed by atoms with Gasteiger partial charge in [0, 0.05) is 10.9 Å². The van der Waals surface area contributed by atoms with Gasteiger partial charge in [-0.2, -0.15) is 8.78 Å². The van der Waals surface area contributed by atoms with Crippen LogP contribution >= 0.6 is 0 Å². The molecular formula is C20H16F2N2O3. The number of amides is 1. The molecule has 0 spiro atoms. The van der Waals surface area contributed by atoms with E-state index in [0.717, 1.165) is 10.3 Å². The van der Waals surface area contributed by atoms with E-state index in [1.54, 1.807) is 12.1 Å². The summed E-state index contributed by atoms with van der Waals surface area (Å²) in [4.78, 5) is 17.7. The van der Waals surface area contributed by atoms with Crippen molar-refractivity contribution in [2.45, 2.75) is 25.7 Å². The third kappa shape index (κ3) is 3.00. The first-order valence-electron chi connectivity index (χ1n) is 8.41. The molecule has 0 saturated heterocycles. The Kier molecular flexibility index (Phi) is 4.04. The van der Waals surface area contributed by atoms with Gasteiger partial charge in [-0.3, -0.25) is 14.7 Å². The van der Waals surface area contributed by atoms with Gasteiger partial charge >= 0.3 is 12.0 Å². The molecule has 1 N–H and O–H groups in total. The average molecular weight is 370 g/mol. The van der Waals surface area contributed by atoms with Gasteiger partial charge in [-0.05, 0) is 25.1 Å². The van der Waals surface area contributed by atoms with Gasteiger partial charge in [0.15, 0.2) is 5.75 Å². The molecule has 1 aliphatic rings. The fourth-order valence-corrected chi connectivity index (χ4v) is 3.15. The van der Waals surface area contributed by atoms with Gasteiger partial charge in [0.05, 0.1) is 29.5 Å². The van der Waals surface area contributed by atoms with Crippen molar-refractivity contribution in [1.82, 2.24) is 4.98 Å². The van der Waals surface area contributed by atoms with Crippen LogP contribution in [0.3, 0.4) is 0 Å². The van der Waals surface area contributed by atoms with Gasteiger partial charge in [0.25, 0.3) is 0 Å². The van der Waals surface area contributed by atoms with Gasteiger partial charge in [-0.15, -0.1) is 0 Å². The van der Waals surface area contributed by atoms with Crippen molar-refractivity contribution in [3.8, 4) is 5.75 Å². The molecule has 2 heterocycles. The second-order valence-corrected chi connectivity index (χ2v) is 6.38. The number of aliphatic hydroxyl groups excluding tert-OH is 1. The predicted molar refractivity (Wildman–Crippen MR) is 95.6 cm³/mol. The molecule has 2 aromatic carbocycles. The summed E-state index contributed by atoms with van der Waals surface area (Å²) in [6.07, 6.45) is -5.04. The zero-order chi connectivity index (χ0) is 19.2. The zero-order valence-corrected chi connectivity index (χ0v) is 14.4. The SMILES string of the molecule is C[C@@H](O)c1cccc2c1OC(F)(F)C(=O)N2Cc1ccc2ccccc2n1. The number of halogens is 2. The average Bonchev–Trinajstić information content (AvgIpc) is 2.64. The highest BCUT2D eigenvalue weighted by atomic mass is 19.3. The molecule has 0 saturated carbocycles. The number of fused-ring (bicyclic) bond motifs is 2. The first kappa shape index (κ1) is 17.4. The second kappa shape index (κ2) is 6.28. The summed E-state index contributed by atoms with van der Waals surface area (Å²) in [6, 6.07) is 15.5. The van der Waals surface area contributed by atoms with Gasteiger partial charge in [0.1, 0.15) is 0 Å². The monoisotopic (exact) mass is 370 g/mol. The van der Waals surface area contributed by atoms with E-state index in [-0.39, 0.29) is 23.5 Å². The van der Waals surface area contributed by atoms with Crippen LogP contribution in [0.5, 0.6) is 5.75 Å². The lowest BCUT2D eigenvalue weighted by Crippen LogP contribution is -2.50. The molecule has 1 amide bonds. The van der Waals surface area contributed by atoms with E-state index >= 15 is 0 Å². The fraction of sp³-hybridized carbons (Fsp3) is 0.200. The molecule has 4 rings (SSSR count). The molecule has 1 aliphatic heterocycles. The van der Waals surface area contributed by atoms with Crippen LogP contribution in [0, 0.1) is 0 Å². The van der Waals surface area contributed by atoms with Crippen molar-refractivity contribution < 1.29 is 23.4 Å². The van der Waals surface area contributed by atoms with Crippen molar-refractivity contribution >= 4 is 22.5 Å². The predicted octanol–water partition coefficient (Wildman–Crippen LogP) is 3.81. The van der Waals surface area contributed by atoms with E-state index in [9.17, 15) is 18.7 Å². The summed E-state index contributed by atoms with van der Waals surface area (Å²) in [5.74, 6) is -1.66. The van der Waals surface area contributed by atoms with Gasteiger partial charge < -0.3 is 9.84 Å². The van der Waals surface area contributed by atoms with Crippen LogP contribution in [-0.2, 0) is 11.3 Å². The van der Waals surface area contributed by atoms with Crippen molar-refractivity contribution in [3.05, 3.63) is 65.9 Å². The lowest BCUT2D eigenvalue weighted by atomic mass is 10.1. The van der Waals surface area contributed by atoms with Gasteiger partial charge in [-0.1, -0.05) is 36.4 Å². The third-order valence-corrected chi connectivity index (χ3v) is 4.47. The number of carbonyl (C=O) groups excluding carboxylic acids is 1. The van der Waals surface area contributed by atoms with Crippen LogP contribution in [-0.4, -0.2) is 22.1 Å². The van der Waals surface area contributed by atoms with E-state index in [2.05, 4.69) is 9.72 Å². The Morgan fingerprint density at radius 2 is 1.93 bits per heavy atom. The molecule has 3 aromatic rings. The van der Waals surface area contributed by atoms with Crippen LogP contribution in [0.4, 0.5) is 14.5 Å². The van der Waals surface area contributed by atoms with Crippen LogP contribution < -0.4 is 9.64 Å². The number of pyridine rings is 1. The van der Waals surface area contributed by atoms with E-state index in [0.29, 0.717) is 11.2 Å². The summed E-state index contributed by atoms with van der Waals surface area (Å²) in [6.45, 7) is 1.31. The number of nitrogens with zero attached hydrogens (tertiary/aromatic N) is 2. The molecule has 5 nitrogen and oxygen atoms in total. The van der Waals surface area contributed by atoms with Crippen molar-refractivity contribution in [3.63, 3.8) is 0 Å². The van der Waals surface area contributed by atoms with E-state index in [1.807, 2.05) is 30.3 Å². The molecule has 27 heavy (non-hydrogen) atoms. The number of alkyl halides is 2. The molecule has 0 fully saturated rings. The first-order valence-corrected chi connectivity index (χ1v) is 8.41. The Labute approximate surface area is 153 Å². The minimum Gasteiger partial charge on any atom is -0.423 e. The molecular weight excluding hydrogens is 354 g/mol. The standard InChI is InChI=1S/C20H16F2N2O3/c1-12(25)15-6-4-8-17-18(15)27-20(21,22)19(26)24(17)11-14-10-9-13-5-2-3-7-16(13)23-14/h2-10,12,25H,11H2,1H3/t12-/m1/s1. The van der Waals surface area contributed by atoms with Crippen molar-refractivity contribution in [2.75, 3.05) is 4.90 Å². The van der Waals surface area contributed by atoms with Crippen LogP contribution in [0.15, 0.2) is 54.6 Å². The Morgan fingerprint density at radius 1 is 1.15 bits per heavy atom. The Bertz CT molecular complexity index is 1040. The Morgan fingerprint density at radius 3 is 2.70 bits per heavy atom. The number of aromatic nitrogens is 1. The smallest absolute Gasteiger partial charge is 0.423 e. The van der Waals surface area contributed by atoms with Crippen LogP contribution in [0.2, 0.25) is 0 Å². The highest BCUT2D eigenvalue weighted by Crippen LogP contribution is 2.44. The lowest BCUT2D eigenvalue weighted by molar-refractivity contribution is -0.193. The largest absolute Gasteiger partial charge is 0.483 e. The number of hydrogen-bond acceptors (Lipinski definition) is 4. The number of hydrogen-bond donors (Lipinski definition) is 1. The van der Waals surface area contributed by atoms with E-state index < -0.39 is 18.1 Å². The minimum atomic E-state index is -4.02. The normalized spacial score (nSPS) is 16.7. The Balaban J connectivity index is 1.79. The van der Waals surface area contributed by atoms with E-state index in [4.69, 9.17) is 0 Å². The lowest BCUT2D eigenvalue weighted by Gasteiger charge is -2.34. The highest BCUT2D eigenvalue weighted by molar-refractivity contribution is 6.01. The number of ether oxygens (including phenoxy) is 1. The van der Waals surface area contributed by atoms with Crippen LogP contribution in [0.25, 0.3) is 10.9 Å². The minimum absolute atomic E-state index is 0.140. The number of anilines is 1. The maximum Gasteiger partial charge on any atom is 0.483 e. The summed E-state index contributed by atoms with van der Waals surface area (Å²) < 4.78 is 33.1. The second-order valence-electron chi connectivity index (χ2n) is 6.38. The number of carbonyl (C=O) groups is 1. The quantitative estimate of drug-likeness (QED) is 0.762.